The summed E-state index contributed by atoms with van der Waals surface area (Å²) in [6, 6.07) is 14.3. The number of rotatable bonds is 9. The van der Waals surface area contributed by atoms with Gasteiger partial charge in [0.05, 0.1) is 0 Å². The van der Waals surface area contributed by atoms with E-state index in [1.165, 1.54) is 0 Å². The SMILES string of the molecule is COCCCNC(=O)c1ccc(NC(=O)CCc2cccc(N)c2)cc1. The van der Waals surface area contributed by atoms with E-state index >= 15 is 0 Å². The predicted molar refractivity (Wildman–Crippen MR) is 103 cm³/mol. The normalized spacial score (nSPS) is 10.3. The summed E-state index contributed by atoms with van der Waals surface area (Å²) in [6.07, 6.45) is 1.76. The van der Waals surface area contributed by atoms with Gasteiger partial charge in [-0.15, -0.1) is 0 Å². The van der Waals surface area contributed by atoms with Crippen LogP contribution in [0.2, 0.25) is 0 Å². The van der Waals surface area contributed by atoms with E-state index in [2.05, 4.69) is 10.6 Å². The van der Waals surface area contributed by atoms with Crippen molar-refractivity contribution in [3.8, 4) is 0 Å². The highest BCUT2D eigenvalue weighted by Gasteiger charge is 2.07. The second kappa shape index (κ2) is 10.2. The standard InChI is InChI=1S/C20H25N3O3/c1-26-13-3-12-22-20(25)16-7-9-18(10-8-16)23-19(24)11-6-15-4-2-5-17(21)14-15/h2,4-5,7-10,14H,3,6,11-13,21H2,1H3,(H,22,25)(H,23,24). The van der Waals surface area contributed by atoms with Crippen LogP contribution in [0.3, 0.4) is 0 Å². The van der Waals surface area contributed by atoms with Crippen molar-refractivity contribution < 1.29 is 14.3 Å². The summed E-state index contributed by atoms with van der Waals surface area (Å²) in [5, 5.41) is 5.65. The summed E-state index contributed by atoms with van der Waals surface area (Å²) in [4.78, 5) is 24.0. The molecule has 2 amide bonds. The summed E-state index contributed by atoms with van der Waals surface area (Å²) in [6.45, 7) is 1.18. The van der Waals surface area contributed by atoms with E-state index in [-0.39, 0.29) is 11.8 Å². The van der Waals surface area contributed by atoms with Crippen LogP contribution in [0.15, 0.2) is 48.5 Å². The Morgan fingerprint density at radius 3 is 2.58 bits per heavy atom. The fraction of sp³-hybridized carbons (Fsp3) is 0.300. The number of nitrogens with two attached hydrogens (primary N) is 1. The second-order valence-electron chi connectivity index (χ2n) is 5.97. The van der Waals surface area contributed by atoms with Gasteiger partial charge in [0.2, 0.25) is 5.91 Å². The van der Waals surface area contributed by atoms with Gasteiger partial charge < -0.3 is 21.1 Å². The molecule has 0 heterocycles. The summed E-state index contributed by atoms with van der Waals surface area (Å²) in [5.74, 6) is -0.218. The molecule has 2 aromatic carbocycles. The third kappa shape index (κ3) is 6.57. The maximum absolute atomic E-state index is 12.1. The number of hydrogen-bond acceptors (Lipinski definition) is 4. The maximum atomic E-state index is 12.1. The monoisotopic (exact) mass is 355 g/mol. The van der Waals surface area contributed by atoms with Crippen LogP contribution in [0.25, 0.3) is 0 Å². The van der Waals surface area contributed by atoms with Crippen LogP contribution in [0.4, 0.5) is 11.4 Å². The average Bonchev–Trinajstić information content (AvgIpc) is 2.64. The Labute approximate surface area is 153 Å². The van der Waals surface area contributed by atoms with E-state index < -0.39 is 0 Å². The molecule has 6 heteroatoms. The molecule has 0 aliphatic carbocycles. The van der Waals surface area contributed by atoms with E-state index in [9.17, 15) is 9.59 Å². The lowest BCUT2D eigenvalue weighted by molar-refractivity contribution is -0.116. The highest BCUT2D eigenvalue weighted by Crippen LogP contribution is 2.12. The van der Waals surface area contributed by atoms with Crippen molar-refractivity contribution in [2.24, 2.45) is 0 Å². The number of methoxy groups -OCH3 is 1. The number of aryl methyl sites for hydroxylation is 1. The molecular weight excluding hydrogens is 330 g/mol. The van der Waals surface area contributed by atoms with Crippen molar-refractivity contribution in [3.63, 3.8) is 0 Å². The number of benzene rings is 2. The Morgan fingerprint density at radius 2 is 1.88 bits per heavy atom. The van der Waals surface area contributed by atoms with Crippen molar-refractivity contribution in [1.29, 1.82) is 0 Å². The highest BCUT2D eigenvalue weighted by molar-refractivity contribution is 5.95. The van der Waals surface area contributed by atoms with Gasteiger partial charge in [0.15, 0.2) is 0 Å². The van der Waals surface area contributed by atoms with Crippen LogP contribution >= 0.6 is 0 Å². The quantitative estimate of drug-likeness (QED) is 0.476. The minimum atomic E-state index is -0.138. The summed E-state index contributed by atoms with van der Waals surface area (Å²) >= 11 is 0. The number of carbonyl (C=O) groups excluding carboxylic acids is 2. The summed E-state index contributed by atoms with van der Waals surface area (Å²) in [5.41, 5.74) is 8.68. The van der Waals surface area contributed by atoms with Crippen molar-refractivity contribution >= 4 is 23.2 Å². The van der Waals surface area contributed by atoms with Crippen molar-refractivity contribution in [3.05, 3.63) is 59.7 Å². The topological polar surface area (TPSA) is 93.5 Å². The number of amides is 2. The van der Waals surface area contributed by atoms with Gasteiger partial charge >= 0.3 is 0 Å². The molecule has 6 nitrogen and oxygen atoms in total. The van der Waals surface area contributed by atoms with E-state index in [1.54, 1.807) is 31.4 Å². The van der Waals surface area contributed by atoms with Gasteiger partial charge in [0, 0.05) is 43.6 Å². The molecule has 2 aromatic rings. The van der Waals surface area contributed by atoms with Gasteiger partial charge in [-0.3, -0.25) is 9.59 Å². The van der Waals surface area contributed by atoms with Gasteiger partial charge in [0.1, 0.15) is 0 Å². The van der Waals surface area contributed by atoms with Crippen LogP contribution in [-0.4, -0.2) is 32.1 Å². The Bertz CT molecular complexity index is 729. The molecule has 4 N–H and O–H groups in total. The average molecular weight is 355 g/mol. The number of anilines is 2. The van der Waals surface area contributed by atoms with Crippen LogP contribution in [0.5, 0.6) is 0 Å². The Balaban J connectivity index is 1.78. The molecule has 0 saturated carbocycles. The molecular formula is C20H25N3O3. The van der Waals surface area contributed by atoms with Gasteiger partial charge in [-0.2, -0.15) is 0 Å². The number of carbonyl (C=O) groups is 2. The van der Waals surface area contributed by atoms with Gasteiger partial charge in [-0.25, -0.2) is 0 Å². The molecule has 0 unspecified atom stereocenters. The van der Waals surface area contributed by atoms with Crippen LogP contribution in [0, 0.1) is 0 Å². The first-order valence-corrected chi connectivity index (χ1v) is 8.60. The maximum Gasteiger partial charge on any atom is 0.251 e. The molecule has 0 saturated heterocycles. The minimum absolute atomic E-state index is 0.0795. The van der Waals surface area contributed by atoms with Gasteiger partial charge in [-0.1, -0.05) is 12.1 Å². The number of nitrogens with one attached hydrogen (secondary N) is 2. The number of ether oxygens (including phenoxy) is 1. The zero-order valence-corrected chi connectivity index (χ0v) is 15.0. The van der Waals surface area contributed by atoms with Crippen molar-refractivity contribution in [2.75, 3.05) is 31.3 Å². The van der Waals surface area contributed by atoms with E-state index in [4.69, 9.17) is 10.5 Å². The summed E-state index contributed by atoms with van der Waals surface area (Å²) in [7, 11) is 1.63. The molecule has 0 aromatic heterocycles. The molecule has 138 valence electrons. The molecule has 0 atom stereocenters. The molecule has 0 radical (unpaired) electrons. The fourth-order valence-corrected chi connectivity index (χ4v) is 2.46. The van der Waals surface area contributed by atoms with E-state index in [0.717, 1.165) is 12.0 Å². The fourth-order valence-electron chi connectivity index (χ4n) is 2.46. The lowest BCUT2D eigenvalue weighted by Gasteiger charge is -2.08. The molecule has 0 aliphatic heterocycles. The summed E-state index contributed by atoms with van der Waals surface area (Å²) < 4.78 is 4.94. The lowest BCUT2D eigenvalue weighted by Crippen LogP contribution is -2.25. The Kier molecular flexibility index (Phi) is 7.64. The smallest absolute Gasteiger partial charge is 0.251 e. The zero-order valence-electron chi connectivity index (χ0n) is 15.0. The minimum Gasteiger partial charge on any atom is -0.399 e. The van der Waals surface area contributed by atoms with Crippen LogP contribution in [0.1, 0.15) is 28.8 Å². The third-order valence-corrected chi connectivity index (χ3v) is 3.83. The highest BCUT2D eigenvalue weighted by atomic mass is 16.5. The number of nitrogen functional groups attached to an aromatic ring is 1. The predicted octanol–water partition coefficient (Wildman–Crippen LogP) is 2.61. The molecule has 0 spiro atoms. The van der Waals surface area contributed by atoms with Crippen LogP contribution in [-0.2, 0) is 16.0 Å². The lowest BCUT2D eigenvalue weighted by atomic mass is 10.1. The molecule has 0 bridgehead atoms. The Morgan fingerprint density at radius 1 is 1.12 bits per heavy atom. The van der Waals surface area contributed by atoms with Gasteiger partial charge in [0.25, 0.3) is 5.91 Å². The molecule has 26 heavy (non-hydrogen) atoms. The first-order valence-electron chi connectivity index (χ1n) is 8.60. The largest absolute Gasteiger partial charge is 0.399 e. The first kappa shape index (κ1) is 19.5. The van der Waals surface area contributed by atoms with Crippen molar-refractivity contribution in [2.45, 2.75) is 19.3 Å². The van der Waals surface area contributed by atoms with E-state index in [0.29, 0.717) is 42.9 Å². The third-order valence-electron chi connectivity index (χ3n) is 3.83. The number of hydrogen-bond donors (Lipinski definition) is 3. The first-order chi connectivity index (χ1) is 12.6. The van der Waals surface area contributed by atoms with Crippen molar-refractivity contribution in [1.82, 2.24) is 5.32 Å². The van der Waals surface area contributed by atoms with Crippen LogP contribution < -0.4 is 16.4 Å². The van der Waals surface area contributed by atoms with E-state index in [1.807, 2.05) is 24.3 Å². The Hall–Kier alpha value is -2.86. The second-order valence-corrected chi connectivity index (χ2v) is 5.97. The molecule has 0 fully saturated rings. The molecule has 0 aliphatic rings. The zero-order chi connectivity index (χ0) is 18.8. The molecule has 2 rings (SSSR count). The van der Waals surface area contributed by atoms with Gasteiger partial charge in [-0.05, 0) is 54.8 Å².